The molecular weight excluding hydrogens is 348 g/mol. The van der Waals surface area contributed by atoms with E-state index in [0.717, 1.165) is 15.7 Å². The normalized spacial score (nSPS) is 11.3. The van der Waals surface area contributed by atoms with E-state index >= 15 is 0 Å². The van der Waals surface area contributed by atoms with Gasteiger partial charge in [-0.25, -0.2) is 0 Å². The van der Waals surface area contributed by atoms with Crippen LogP contribution in [-0.4, -0.2) is 10.8 Å². The number of aryl methyl sites for hydroxylation is 2. The van der Waals surface area contributed by atoms with Crippen LogP contribution in [0.2, 0.25) is 0 Å². The number of nitrogens with zero attached hydrogens (tertiary/aromatic N) is 2. The van der Waals surface area contributed by atoms with E-state index in [1.165, 1.54) is 22.6 Å². The Kier molecular flexibility index (Phi) is 4.49. The number of benzene rings is 2. The molecule has 0 bridgehead atoms. The van der Waals surface area contributed by atoms with Crippen LogP contribution < -0.4 is 0 Å². The molecule has 1 heterocycles. The predicted molar refractivity (Wildman–Crippen MR) is 101 cm³/mol. The first kappa shape index (κ1) is 15.8. The SMILES string of the molecule is Cc1cc(N=Cc2cc(C)n(-c3ccccc3)c2C)ccc1Br. The zero-order valence-corrected chi connectivity index (χ0v) is 15.1. The standard InChI is InChI=1S/C20H19BrN2/c1-14-11-18(9-10-20(14)21)22-13-17-12-15(2)23(16(17)3)19-7-5-4-6-8-19/h4-13H,1-3H3. The van der Waals surface area contributed by atoms with Crippen molar-refractivity contribution in [2.75, 3.05) is 0 Å². The smallest absolute Gasteiger partial charge is 0.0633 e. The van der Waals surface area contributed by atoms with Gasteiger partial charge in [0, 0.05) is 33.3 Å². The number of aromatic nitrogens is 1. The summed E-state index contributed by atoms with van der Waals surface area (Å²) >= 11 is 3.52. The lowest BCUT2D eigenvalue weighted by molar-refractivity contribution is 0.965. The lowest BCUT2D eigenvalue weighted by Crippen LogP contribution is -1.98. The molecule has 0 fully saturated rings. The molecule has 0 spiro atoms. The first-order valence-corrected chi connectivity index (χ1v) is 8.40. The molecule has 23 heavy (non-hydrogen) atoms. The maximum atomic E-state index is 4.63. The highest BCUT2D eigenvalue weighted by atomic mass is 79.9. The summed E-state index contributed by atoms with van der Waals surface area (Å²) < 4.78 is 3.37. The van der Waals surface area contributed by atoms with E-state index in [4.69, 9.17) is 0 Å². The van der Waals surface area contributed by atoms with E-state index in [1.807, 2.05) is 24.4 Å². The Balaban J connectivity index is 1.95. The molecule has 0 aliphatic heterocycles. The van der Waals surface area contributed by atoms with Gasteiger partial charge in [0.05, 0.1) is 5.69 Å². The van der Waals surface area contributed by atoms with Crippen LogP contribution in [0.5, 0.6) is 0 Å². The third kappa shape index (κ3) is 3.30. The van der Waals surface area contributed by atoms with E-state index in [1.54, 1.807) is 0 Å². The van der Waals surface area contributed by atoms with Crippen molar-refractivity contribution in [3.8, 4) is 5.69 Å². The topological polar surface area (TPSA) is 17.3 Å². The van der Waals surface area contributed by atoms with E-state index in [0.29, 0.717) is 0 Å². The Morgan fingerprint density at radius 1 is 0.957 bits per heavy atom. The molecule has 116 valence electrons. The van der Waals surface area contributed by atoms with Gasteiger partial charge in [-0.05, 0) is 62.7 Å². The highest BCUT2D eigenvalue weighted by Gasteiger charge is 2.08. The largest absolute Gasteiger partial charge is 0.318 e. The summed E-state index contributed by atoms with van der Waals surface area (Å²) in [6, 6.07) is 18.7. The van der Waals surface area contributed by atoms with Gasteiger partial charge < -0.3 is 4.57 Å². The van der Waals surface area contributed by atoms with E-state index in [2.05, 4.69) is 82.7 Å². The van der Waals surface area contributed by atoms with Crippen LogP contribution in [0, 0.1) is 20.8 Å². The fourth-order valence-corrected chi connectivity index (χ4v) is 2.99. The number of hydrogen-bond donors (Lipinski definition) is 0. The molecule has 0 amide bonds. The monoisotopic (exact) mass is 366 g/mol. The average molecular weight is 367 g/mol. The average Bonchev–Trinajstić information content (AvgIpc) is 2.83. The van der Waals surface area contributed by atoms with Crippen molar-refractivity contribution < 1.29 is 0 Å². The molecule has 2 aromatic carbocycles. The highest BCUT2D eigenvalue weighted by molar-refractivity contribution is 9.10. The Morgan fingerprint density at radius 3 is 2.39 bits per heavy atom. The van der Waals surface area contributed by atoms with E-state index in [9.17, 15) is 0 Å². The van der Waals surface area contributed by atoms with Crippen molar-refractivity contribution in [2.24, 2.45) is 4.99 Å². The molecule has 0 saturated carbocycles. The second-order valence-corrected chi connectivity index (χ2v) is 6.54. The van der Waals surface area contributed by atoms with Gasteiger partial charge in [0.25, 0.3) is 0 Å². The number of aliphatic imine (C=N–C) groups is 1. The number of halogens is 1. The zero-order chi connectivity index (χ0) is 16.4. The Bertz CT molecular complexity index is 861. The maximum absolute atomic E-state index is 4.63. The second-order valence-electron chi connectivity index (χ2n) is 5.69. The molecule has 0 atom stereocenters. The van der Waals surface area contributed by atoms with Crippen molar-refractivity contribution in [1.29, 1.82) is 0 Å². The summed E-state index contributed by atoms with van der Waals surface area (Å²) in [4.78, 5) is 4.63. The van der Waals surface area contributed by atoms with Crippen molar-refractivity contribution in [3.05, 3.63) is 81.6 Å². The van der Waals surface area contributed by atoms with Crippen molar-refractivity contribution in [1.82, 2.24) is 4.57 Å². The molecule has 0 radical (unpaired) electrons. The first-order valence-electron chi connectivity index (χ1n) is 7.61. The Hall–Kier alpha value is -2.13. The summed E-state index contributed by atoms with van der Waals surface area (Å²) in [6.45, 7) is 6.33. The lowest BCUT2D eigenvalue weighted by atomic mass is 10.2. The second kappa shape index (κ2) is 6.55. The van der Waals surface area contributed by atoms with Gasteiger partial charge in [0.1, 0.15) is 0 Å². The van der Waals surface area contributed by atoms with Crippen LogP contribution in [0.4, 0.5) is 5.69 Å². The highest BCUT2D eigenvalue weighted by Crippen LogP contribution is 2.23. The molecule has 3 aromatic rings. The van der Waals surface area contributed by atoms with Crippen LogP contribution in [-0.2, 0) is 0 Å². The summed E-state index contributed by atoms with van der Waals surface area (Å²) in [7, 11) is 0. The predicted octanol–water partition coefficient (Wildman–Crippen LogP) is 5.92. The van der Waals surface area contributed by atoms with Crippen molar-refractivity contribution in [2.45, 2.75) is 20.8 Å². The zero-order valence-electron chi connectivity index (χ0n) is 13.5. The minimum absolute atomic E-state index is 0.968. The summed E-state index contributed by atoms with van der Waals surface area (Å²) in [5.41, 5.74) is 6.90. The van der Waals surface area contributed by atoms with Crippen molar-refractivity contribution >= 4 is 27.8 Å². The molecule has 3 heteroatoms. The number of rotatable bonds is 3. The molecule has 1 aromatic heterocycles. The van der Waals surface area contributed by atoms with Gasteiger partial charge in [-0.3, -0.25) is 4.99 Å². The van der Waals surface area contributed by atoms with Crippen molar-refractivity contribution in [3.63, 3.8) is 0 Å². The molecule has 0 aliphatic carbocycles. The molecule has 0 aliphatic rings. The maximum Gasteiger partial charge on any atom is 0.0633 e. The Morgan fingerprint density at radius 2 is 1.70 bits per heavy atom. The fraction of sp³-hybridized carbons (Fsp3) is 0.150. The van der Waals surface area contributed by atoms with Crippen LogP contribution in [0.15, 0.2) is 64.1 Å². The molecule has 0 N–H and O–H groups in total. The third-order valence-electron chi connectivity index (χ3n) is 3.98. The number of para-hydroxylation sites is 1. The Labute approximate surface area is 145 Å². The van der Waals surface area contributed by atoms with Gasteiger partial charge >= 0.3 is 0 Å². The molecule has 0 saturated heterocycles. The fourth-order valence-electron chi connectivity index (χ4n) is 2.75. The molecular formula is C20H19BrN2. The summed E-state index contributed by atoms with van der Waals surface area (Å²) in [5.74, 6) is 0. The van der Waals surface area contributed by atoms with Gasteiger partial charge in [0.15, 0.2) is 0 Å². The van der Waals surface area contributed by atoms with Crippen LogP contribution >= 0.6 is 15.9 Å². The molecule has 0 unspecified atom stereocenters. The molecule has 2 nitrogen and oxygen atoms in total. The van der Waals surface area contributed by atoms with Gasteiger partial charge in [-0.2, -0.15) is 0 Å². The van der Waals surface area contributed by atoms with E-state index in [-0.39, 0.29) is 0 Å². The van der Waals surface area contributed by atoms with Gasteiger partial charge in [-0.1, -0.05) is 34.1 Å². The van der Waals surface area contributed by atoms with E-state index < -0.39 is 0 Å². The van der Waals surface area contributed by atoms with Crippen LogP contribution in [0.3, 0.4) is 0 Å². The minimum Gasteiger partial charge on any atom is -0.318 e. The number of hydrogen-bond acceptors (Lipinski definition) is 1. The minimum atomic E-state index is 0.968. The summed E-state index contributed by atoms with van der Waals surface area (Å²) in [6.07, 6.45) is 1.95. The van der Waals surface area contributed by atoms with Crippen LogP contribution in [0.25, 0.3) is 5.69 Å². The quantitative estimate of drug-likeness (QED) is 0.512. The third-order valence-corrected chi connectivity index (χ3v) is 4.87. The van der Waals surface area contributed by atoms with Crippen LogP contribution in [0.1, 0.15) is 22.5 Å². The summed E-state index contributed by atoms with van der Waals surface area (Å²) in [5, 5.41) is 0. The first-order chi connectivity index (χ1) is 11.1. The molecule has 3 rings (SSSR count). The lowest BCUT2D eigenvalue weighted by Gasteiger charge is -2.09. The van der Waals surface area contributed by atoms with Gasteiger partial charge in [-0.15, -0.1) is 0 Å². The van der Waals surface area contributed by atoms with Gasteiger partial charge in [0.2, 0.25) is 0 Å².